The Kier molecular flexibility index (Phi) is 5.76. The summed E-state index contributed by atoms with van der Waals surface area (Å²) in [6, 6.07) is 6.38. The van der Waals surface area contributed by atoms with Gasteiger partial charge in [0, 0.05) is 25.1 Å². The van der Waals surface area contributed by atoms with Crippen LogP contribution in [0.3, 0.4) is 0 Å². The standard InChI is InChI=1S/C17H22N4O5S/c1-12-19-16(26-20-12)11-18-17(22)13-6-8-21(9-7-13)27(23,24)15-5-3-4-14(10-15)25-2/h3-5,10,13H,6-9,11H2,1-2H3,(H,18,22). The van der Waals surface area contributed by atoms with Crippen molar-refractivity contribution in [1.29, 1.82) is 0 Å². The molecule has 0 bridgehead atoms. The summed E-state index contributed by atoms with van der Waals surface area (Å²) in [7, 11) is -2.12. The summed E-state index contributed by atoms with van der Waals surface area (Å²) < 4.78 is 37.0. The number of benzene rings is 1. The summed E-state index contributed by atoms with van der Waals surface area (Å²) in [5.41, 5.74) is 0. The number of carbonyl (C=O) groups is 1. The van der Waals surface area contributed by atoms with Crippen molar-refractivity contribution >= 4 is 15.9 Å². The number of aromatic nitrogens is 2. The maximum Gasteiger partial charge on any atom is 0.246 e. The van der Waals surface area contributed by atoms with E-state index in [1.54, 1.807) is 25.1 Å². The van der Waals surface area contributed by atoms with Crippen LogP contribution in [0.15, 0.2) is 33.7 Å². The Morgan fingerprint density at radius 2 is 2.11 bits per heavy atom. The number of nitrogens with zero attached hydrogens (tertiary/aromatic N) is 3. The van der Waals surface area contributed by atoms with Crippen LogP contribution in [0.4, 0.5) is 0 Å². The van der Waals surface area contributed by atoms with E-state index in [4.69, 9.17) is 9.26 Å². The Balaban J connectivity index is 1.56. The predicted molar refractivity (Wildman–Crippen MR) is 95.4 cm³/mol. The fourth-order valence-corrected chi connectivity index (χ4v) is 4.49. The fourth-order valence-electron chi connectivity index (χ4n) is 2.99. The van der Waals surface area contributed by atoms with E-state index in [9.17, 15) is 13.2 Å². The van der Waals surface area contributed by atoms with Crippen molar-refractivity contribution in [2.45, 2.75) is 31.2 Å². The van der Waals surface area contributed by atoms with Crippen molar-refractivity contribution in [2.24, 2.45) is 5.92 Å². The van der Waals surface area contributed by atoms with Gasteiger partial charge in [0.15, 0.2) is 5.82 Å². The third-order valence-electron chi connectivity index (χ3n) is 4.49. The molecule has 2 heterocycles. The maximum absolute atomic E-state index is 12.8. The molecular formula is C17H22N4O5S. The van der Waals surface area contributed by atoms with Crippen LogP contribution in [0, 0.1) is 12.8 Å². The SMILES string of the molecule is COc1cccc(S(=O)(=O)N2CCC(C(=O)NCc3nc(C)no3)CC2)c1. The average Bonchev–Trinajstić information content (AvgIpc) is 3.11. The van der Waals surface area contributed by atoms with Gasteiger partial charge < -0.3 is 14.6 Å². The lowest BCUT2D eigenvalue weighted by molar-refractivity contribution is -0.126. The molecule has 1 aromatic carbocycles. The van der Waals surface area contributed by atoms with Crippen LogP contribution < -0.4 is 10.1 Å². The number of aryl methyl sites for hydroxylation is 1. The number of amides is 1. The third-order valence-corrected chi connectivity index (χ3v) is 6.38. The van der Waals surface area contributed by atoms with Crippen molar-refractivity contribution in [3.05, 3.63) is 36.0 Å². The van der Waals surface area contributed by atoms with Gasteiger partial charge in [-0.1, -0.05) is 11.2 Å². The Bertz CT molecular complexity index is 904. The molecule has 0 atom stereocenters. The van der Waals surface area contributed by atoms with Gasteiger partial charge in [-0.05, 0) is 31.9 Å². The lowest BCUT2D eigenvalue weighted by Crippen LogP contribution is -2.42. The second-order valence-electron chi connectivity index (χ2n) is 6.31. The molecule has 9 nitrogen and oxygen atoms in total. The normalized spacial score (nSPS) is 16.2. The zero-order chi connectivity index (χ0) is 19.4. The van der Waals surface area contributed by atoms with Gasteiger partial charge in [-0.3, -0.25) is 4.79 Å². The molecule has 10 heteroatoms. The molecule has 1 aliphatic heterocycles. The van der Waals surface area contributed by atoms with Crippen molar-refractivity contribution in [2.75, 3.05) is 20.2 Å². The van der Waals surface area contributed by atoms with Gasteiger partial charge in [0.2, 0.25) is 21.8 Å². The highest BCUT2D eigenvalue weighted by atomic mass is 32.2. The molecule has 1 aliphatic rings. The summed E-state index contributed by atoms with van der Waals surface area (Å²) in [6.07, 6.45) is 0.912. The van der Waals surface area contributed by atoms with Gasteiger partial charge in [0.25, 0.3) is 0 Å². The van der Waals surface area contributed by atoms with E-state index in [0.717, 1.165) is 0 Å². The predicted octanol–water partition coefficient (Wildman–Crippen LogP) is 1.10. The lowest BCUT2D eigenvalue weighted by atomic mass is 9.97. The molecule has 1 fully saturated rings. The minimum atomic E-state index is -3.61. The lowest BCUT2D eigenvalue weighted by Gasteiger charge is -2.30. The average molecular weight is 394 g/mol. The van der Waals surface area contributed by atoms with Gasteiger partial charge >= 0.3 is 0 Å². The number of hydrogen-bond acceptors (Lipinski definition) is 7. The Morgan fingerprint density at radius 3 is 2.74 bits per heavy atom. The number of carbonyl (C=O) groups excluding carboxylic acids is 1. The van der Waals surface area contributed by atoms with Crippen LogP contribution in [0.1, 0.15) is 24.6 Å². The van der Waals surface area contributed by atoms with E-state index >= 15 is 0 Å². The molecule has 0 unspecified atom stereocenters. The van der Waals surface area contributed by atoms with E-state index in [2.05, 4.69) is 15.5 Å². The molecule has 146 valence electrons. The number of nitrogens with one attached hydrogen (secondary N) is 1. The molecule has 0 radical (unpaired) electrons. The van der Waals surface area contributed by atoms with E-state index in [0.29, 0.717) is 30.3 Å². The zero-order valence-corrected chi connectivity index (χ0v) is 16.0. The smallest absolute Gasteiger partial charge is 0.246 e. The van der Waals surface area contributed by atoms with E-state index in [-0.39, 0.29) is 36.4 Å². The van der Waals surface area contributed by atoms with E-state index in [1.165, 1.54) is 17.5 Å². The van der Waals surface area contributed by atoms with Gasteiger partial charge in [-0.25, -0.2) is 8.42 Å². The van der Waals surface area contributed by atoms with Gasteiger partial charge in [0.05, 0.1) is 18.6 Å². The fraction of sp³-hybridized carbons (Fsp3) is 0.471. The van der Waals surface area contributed by atoms with Crippen molar-refractivity contribution in [3.8, 4) is 5.75 Å². The highest BCUT2D eigenvalue weighted by Crippen LogP contribution is 2.26. The van der Waals surface area contributed by atoms with Crippen molar-refractivity contribution in [3.63, 3.8) is 0 Å². The van der Waals surface area contributed by atoms with E-state index < -0.39 is 10.0 Å². The summed E-state index contributed by atoms with van der Waals surface area (Å²) in [4.78, 5) is 16.5. The third kappa shape index (κ3) is 4.45. The van der Waals surface area contributed by atoms with Crippen LogP contribution in [-0.4, -0.2) is 49.0 Å². The monoisotopic (exact) mass is 394 g/mol. The first-order chi connectivity index (χ1) is 12.9. The highest BCUT2D eigenvalue weighted by molar-refractivity contribution is 7.89. The van der Waals surface area contributed by atoms with Gasteiger partial charge in [-0.2, -0.15) is 9.29 Å². The number of ether oxygens (including phenoxy) is 1. The summed E-state index contributed by atoms with van der Waals surface area (Å²) in [5, 5.41) is 6.43. The van der Waals surface area contributed by atoms with Crippen LogP contribution in [-0.2, 0) is 21.4 Å². The molecule has 1 aromatic heterocycles. The molecule has 1 saturated heterocycles. The largest absolute Gasteiger partial charge is 0.497 e. The Labute approximate surface area is 157 Å². The van der Waals surface area contributed by atoms with Crippen molar-refractivity contribution < 1.29 is 22.5 Å². The highest BCUT2D eigenvalue weighted by Gasteiger charge is 2.32. The topological polar surface area (TPSA) is 115 Å². The second kappa shape index (κ2) is 8.05. The number of rotatable bonds is 6. The van der Waals surface area contributed by atoms with Gasteiger partial charge in [0.1, 0.15) is 5.75 Å². The minimum Gasteiger partial charge on any atom is -0.497 e. The molecule has 1 N–H and O–H groups in total. The summed E-state index contributed by atoms with van der Waals surface area (Å²) in [5.74, 6) is 0.964. The van der Waals surface area contributed by atoms with Crippen LogP contribution >= 0.6 is 0 Å². The molecule has 0 aliphatic carbocycles. The first kappa shape index (κ1) is 19.3. The molecule has 0 spiro atoms. The van der Waals surface area contributed by atoms with Crippen LogP contribution in [0.2, 0.25) is 0 Å². The van der Waals surface area contributed by atoms with Crippen LogP contribution in [0.5, 0.6) is 5.75 Å². The van der Waals surface area contributed by atoms with Gasteiger partial charge in [-0.15, -0.1) is 0 Å². The molecular weight excluding hydrogens is 372 g/mol. The number of methoxy groups -OCH3 is 1. The number of hydrogen-bond donors (Lipinski definition) is 1. The Hall–Kier alpha value is -2.46. The maximum atomic E-state index is 12.8. The number of sulfonamides is 1. The molecule has 27 heavy (non-hydrogen) atoms. The molecule has 2 aromatic rings. The Morgan fingerprint density at radius 1 is 1.37 bits per heavy atom. The summed E-state index contributed by atoms with van der Waals surface area (Å²) >= 11 is 0. The minimum absolute atomic E-state index is 0.135. The molecule has 3 rings (SSSR count). The zero-order valence-electron chi connectivity index (χ0n) is 15.2. The quantitative estimate of drug-likeness (QED) is 0.780. The van der Waals surface area contributed by atoms with Crippen molar-refractivity contribution in [1.82, 2.24) is 19.8 Å². The second-order valence-corrected chi connectivity index (χ2v) is 8.25. The first-order valence-electron chi connectivity index (χ1n) is 8.61. The van der Waals surface area contributed by atoms with E-state index in [1.807, 2.05) is 0 Å². The molecule has 0 saturated carbocycles. The summed E-state index contributed by atoms with van der Waals surface area (Å²) in [6.45, 7) is 2.45. The van der Waals surface area contributed by atoms with Crippen LogP contribution in [0.25, 0.3) is 0 Å². The first-order valence-corrected chi connectivity index (χ1v) is 10.1. The number of piperidine rings is 1. The molecule has 1 amide bonds.